The molecule has 0 fully saturated rings. The first-order valence-electron chi connectivity index (χ1n) is 9.92. The Morgan fingerprint density at radius 1 is 1.38 bits per heavy atom. The van der Waals surface area contributed by atoms with Crippen molar-refractivity contribution in [3.8, 4) is 5.75 Å². The predicted molar refractivity (Wildman–Crippen MR) is 114 cm³/mol. The summed E-state index contributed by atoms with van der Waals surface area (Å²) in [4.78, 5) is 32.2. The molecule has 0 aromatic carbocycles. The minimum absolute atomic E-state index is 0.133. The average Bonchev–Trinajstić information content (AvgIpc) is 3.05. The molecule has 0 saturated heterocycles. The Morgan fingerprint density at radius 3 is 2.59 bits per heavy atom. The Labute approximate surface area is 175 Å². The van der Waals surface area contributed by atoms with Crippen molar-refractivity contribution < 1.29 is 19.4 Å². The lowest BCUT2D eigenvalue weighted by Gasteiger charge is -2.29. The topological polar surface area (TPSA) is 113 Å². The summed E-state index contributed by atoms with van der Waals surface area (Å²) in [5.74, 6) is -0.908. The number of amides is 1. The van der Waals surface area contributed by atoms with Gasteiger partial charge in [0.25, 0.3) is 5.56 Å². The number of H-pyrrole nitrogens is 1. The number of nitrogens with zero attached hydrogens (tertiary/aromatic N) is 1. The molecule has 0 bridgehead atoms. The number of nitrogens with one attached hydrogen (secondary N) is 2. The van der Waals surface area contributed by atoms with Crippen molar-refractivity contribution in [1.82, 2.24) is 10.3 Å². The SMILES string of the molecule is CCC[C@@H](NC(=O)[C@]1(C)CSC(C(C)(OCC)OCC)=N1)c1cc(O)cc(=O)[nH]1. The first-order valence-corrected chi connectivity index (χ1v) is 10.9. The molecule has 2 atom stereocenters. The van der Waals surface area contributed by atoms with Crippen molar-refractivity contribution in [2.75, 3.05) is 19.0 Å². The highest BCUT2D eigenvalue weighted by atomic mass is 32.2. The maximum Gasteiger partial charge on any atom is 0.251 e. The molecule has 2 rings (SSSR count). The minimum Gasteiger partial charge on any atom is -0.508 e. The molecule has 0 saturated carbocycles. The van der Waals surface area contributed by atoms with Crippen LogP contribution in [0.4, 0.5) is 0 Å². The first-order chi connectivity index (χ1) is 13.7. The third-order valence-corrected chi connectivity index (χ3v) is 6.11. The van der Waals surface area contributed by atoms with Gasteiger partial charge in [0.05, 0.1) is 6.04 Å². The van der Waals surface area contributed by atoms with Crippen LogP contribution < -0.4 is 10.9 Å². The molecule has 8 nitrogen and oxygen atoms in total. The lowest BCUT2D eigenvalue weighted by Crippen LogP contribution is -2.46. The van der Waals surface area contributed by atoms with Gasteiger partial charge in [-0.3, -0.25) is 14.6 Å². The number of ether oxygens (including phenoxy) is 2. The van der Waals surface area contributed by atoms with Gasteiger partial charge in [0, 0.05) is 36.8 Å². The van der Waals surface area contributed by atoms with E-state index >= 15 is 0 Å². The molecular weight excluding hydrogens is 394 g/mol. The largest absolute Gasteiger partial charge is 0.508 e. The fourth-order valence-corrected chi connectivity index (χ4v) is 4.47. The van der Waals surface area contributed by atoms with Gasteiger partial charge in [0.1, 0.15) is 16.3 Å². The molecule has 29 heavy (non-hydrogen) atoms. The molecule has 9 heteroatoms. The second-order valence-corrected chi connectivity index (χ2v) is 8.23. The van der Waals surface area contributed by atoms with Gasteiger partial charge in [0.15, 0.2) is 0 Å². The summed E-state index contributed by atoms with van der Waals surface area (Å²) in [5, 5.41) is 13.4. The Kier molecular flexibility index (Phi) is 7.90. The molecule has 1 aliphatic rings. The number of thioether (sulfide) groups is 1. The van der Waals surface area contributed by atoms with Gasteiger partial charge in [-0.2, -0.15) is 0 Å². The van der Waals surface area contributed by atoms with Crippen LogP contribution in [0, 0.1) is 0 Å². The summed E-state index contributed by atoms with van der Waals surface area (Å²) in [6.07, 6.45) is 1.40. The van der Waals surface area contributed by atoms with Gasteiger partial charge in [0.2, 0.25) is 11.7 Å². The number of aromatic amines is 1. The van der Waals surface area contributed by atoms with Crippen LogP contribution in [0.2, 0.25) is 0 Å². The summed E-state index contributed by atoms with van der Waals surface area (Å²) < 4.78 is 11.5. The second kappa shape index (κ2) is 9.77. The lowest BCUT2D eigenvalue weighted by atomic mass is 10.0. The molecule has 0 unspecified atom stereocenters. The van der Waals surface area contributed by atoms with E-state index in [0.29, 0.717) is 36.1 Å². The second-order valence-electron chi connectivity index (χ2n) is 7.26. The maximum absolute atomic E-state index is 13.1. The van der Waals surface area contributed by atoms with Crippen molar-refractivity contribution in [3.05, 3.63) is 28.2 Å². The molecule has 0 aliphatic carbocycles. The molecule has 162 valence electrons. The Morgan fingerprint density at radius 2 is 2.03 bits per heavy atom. The van der Waals surface area contributed by atoms with E-state index in [1.807, 2.05) is 27.7 Å². The van der Waals surface area contributed by atoms with Gasteiger partial charge >= 0.3 is 0 Å². The van der Waals surface area contributed by atoms with E-state index < -0.39 is 22.9 Å². The van der Waals surface area contributed by atoms with Crippen molar-refractivity contribution in [3.63, 3.8) is 0 Å². The number of aromatic hydroxyl groups is 1. The van der Waals surface area contributed by atoms with Crippen LogP contribution in [0.1, 0.15) is 59.2 Å². The van der Waals surface area contributed by atoms with Gasteiger partial charge in [-0.15, -0.1) is 11.8 Å². The predicted octanol–water partition coefficient (Wildman–Crippen LogP) is 2.73. The van der Waals surface area contributed by atoms with E-state index in [2.05, 4.69) is 15.3 Å². The fraction of sp³-hybridized carbons (Fsp3) is 0.650. The summed E-state index contributed by atoms with van der Waals surface area (Å²) in [6, 6.07) is 2.13. The number of pyridine rings is 1. The molecule has 1 aromatic rings. The third kappa shape index (κ3) is 5.61. The molecule has 0 spiro atoms. The van der Waals surface area contributed by atoms with E-state index in [4.69, 9.17) is 9.47 Å². The number of aromatic nitrogens is 1. The highest BCUT2D eigenvalue weighted by Gasteiger charge is 2.45. The highest BCUT2D eigenvalue weighted by molar-refractivity contribution is 8.14. The van der Waals surface area contributed by atoms with Gasteiger partial charge in [-0.05, 0) is 34.1 Å². The Balaban J connectivity index is 2.25. The van der Waals surface area contributed by atoms with E-state index in [0.717, 1.165) is 12.5 Å². The summed E-state index contributed by atoms with van der Waals surface area (Å²) in [6.45, 7) is 10.3. The number of carbonyl (C=O) groups is 1. The molecular formula is C20H31N3O5S. The molecule has 1 amide bonds. The third-order valence-electron chi connectivity index (χ3n) is 4.66. The number of hydrogen-bond donors (Lipinski definition) is 3. The van der Waals surface area contributed by atoms with Crippen LogP contribution in [0.3, 0.4) is 0 Å². The van der Waals surface area contributed by atoms with Crippen LogP contribution in [-0.2, 0) is 14.3 Å². The van der Waals surface area contributed by atoms with Crippen molar-refractivity contribution in [2.24, 2.45) is 4.99 Å². The van der Waals surface area contributed by atoms with Crippen LogP contribution in [0.15, 0.2) is 21.9 Å². The number of rotatable bonds is 10. The normalized spacial score (nSPS) is 20.4. The van der Waals surface area contributed by atoms with Gasteiger partial charge in [-0.1, -0.05) is 13.3 Å². The maximum atomic E-state index is 13.1. The zero-order valence-corrected chi connectivity index (χ0v) is 18.5. The highest BCUT2D eigenvalue weighted by Crippen LogP contribution is 2.35. The van der Waals surface area contributed by atoms with Crippen LogP contribution in [0.5, 0.6) is 5.75 Å². The quantitative estimate of drug-likeness (QED) is 0.497. The fourth-order valence-electron chi connectivity index (χ4n) is 3.21. The lowest BCUT2D eigenvalue weighted by molar-refractivity contribution is -0.169. The van der Waals surface area contributed by atoms with E-state index in [1.165, 1.54) is 17.8 Å². The van der Waals surface area contributed by atoms with Crippen LogP contribution >= 0.6 is 11.8 Å². The standard InChI is InChI=1S/C20H31N3O5S/c1-6-9-14(15-10-13(24)11-16(25)21-15)22-17(26)19(4)12-29-18(23-19)20(5,27-7-2)28-8-3/h10-11,14H,6-9,12H2,1-5H3,(H,22,26)(H2,21,24,25)/t14-,19+/m1/s1. The number of hydrogen-bond acceptors (Lipinski definition) is 7. The number of carbonyl (C=O) groups excluding carboxylic acids is 1. The Bertz CT molecular complexity index is 804. The van der Waals surface area contributed by atoms with Crippen LogP contribution in [0.25, 0.3) is 0 Å². The summed E-state index contributed by atoms with van der Waals surface area (Å²) in [7, 11) is 0. The molecule has 3 N–H and O–H groups in total. The van der Waals surface area contributed by atoms with Gasteiger partial charge < -0.3 is 24.9 Å². The molecule has 0 radical (unpaired) electrons. The van der Waals surface area contributed by atoms with Crippen molar-refractivity contribution in [1.29, 1.82) is 0 Å². The summed E-state index contributed by atoms with van der Waals surface area (Å²) in [5.41, 5.74) is -0.932. The number of aliphatic imine (C=N–C) groups is 1. The zero-order valence-electron chi connectivity index (χ0n) is 17.7. The molecule has 1 aliphatic heterocycles. The minimum atomic E-state index is -0.988. The van der Waals surface area contributed by atoms with E-state index in [1.54, 1.807) is 6.92 Å². The van der Waals surface area contributed by atoms with Crippen molar-refractivity contribution >= 4 is 22.7 Å². The average molecular weight is 426 g/mol. The van der Waals surface area contributed by atoms with E-state index in [-0.39, 0.29) is 11.7 Å². The van der Waals surface area contributed by atoms with E-state index in [9.17, 15) is 14.7 Å². The first kappa shape index (κ1) is 23.4. The van der Waals surface area contributed by atoms with Crippen molar-refractivity contribution in [2.45, 2.75) is 64.8 Å². The summed E-state index contributed by atoms with van der Waals surface area (Å²) >= 11 is 1.45. The van der Waals surface area contributed by atoms with Gasteiger partial charge in [-0.25, -0.2) is 0 Å². The zero-order chi connectivity index (χ0) is 21.7. The Hall–Kier alpha value is -1.84. The smallest absolute Gasteiger partial charge is 0.251 e. The van der Waals surface area contributed by atoms with Crippen LogP contribution in [-0.4, -0.2) is 51.3 Å². The monoisotopic (exact) mass is 425 g/mol. The molecule has 2 heterocycles. The molecule has 1 aromatic heterocycles.